The average Bonchev–Trinajstić information content (AvgIpc) is 2.19. The summed E-state index contributed by atoms with van der Waals surface area (Å²) < 4.78 is 0. The maximum Gasteiger partial charge on any atom is 0.224 e. The molecule has 1 heterocycles. The van der Waals surface area contributed by atoms with Gasteiger partial charge in [-0.1, -0.05) is 18.2 Å². The molecule has 0 fully saturated rings. The van der Waals surface area contributed by atoms with Crippen molar-refractivity contribution in [2.24, 2.45) is 0 Å². The Morgan fingerprint density at radius 3 is 2.47 bits per heavy atom. The number of hydrogen-bond acceptors (Lipinski definition) is 3. The molecule has 78 valence electrons. The van der Waals surface area contributed by atoms with Crippen LogP contribution in [-0.4, -0.2) is 9.97 Å². The maximum absolute atomic E-state index is 5.65. The first-order valence-corrected chi connectivity index (χ1v) is 4.53. The number of para-hydroxylation sites is 1. The molecule has 3 nitrogen and oxygen atoms in total. The van der Waals surface area contributed by atoms with Crippen LogP contribution in [0.1, 0.15) is 0 Å². The third-order valence-electron chi connectivity index (χ3n) is 1.67. The number of halogens is 2. The van der Waals surface area contributed by atoms with Crippen molar-refractivity contribution in [2.75, 3.05) is 5.32 Å². The molecular weight excluding hydrogens is 233 g/mol. The summed E-state index contributed by atoms with van der Waals surface area (Å²) in [6.07, 6.45) is 1.61. The lowest BCUT2D eigenvalue weighted by Crippen LogP contribution is -1.93. The minimum atomic E-state index is 0. The Morgan fingerprint density at radius 1 is 1.07 bits per heavy atom. The number of nitrogens with zero attached hydrogens (tertiary/aromatic N) is 2. The van der Waals surface area contributed by atoms with Crippen LogP contribution in [0.5, 0.6) is 0 Å². The molecule has 0 saturated heterocycles. The fraction of sp³-hybridized carbons (Fsp3) is 0. The van der Waals surface area contributed by atoms with E-state index in [2.05, 4.69) is 15.3 Å². The second-order valence-electron chi connectivity index (χ2n) is 2.70. The smallest absolute Gasteiger partial charge is 0.224 e. The van der Waals surface area contributed by atoms with Crippen LogP contribution in [0, 0.1) is 0 Å². The Kier molecular flexibility index (Phi) is 4.34. The van der Waals surface area contributed by atoms with E-state index >= 15 is 0 Å². The van der Waals surface area contributed by atoms with Gasteiger partial charge in [-0.25, -0.2) is 9.97 Å². The van der Waals surface area contributed by atoms with Crippen LogP contribution in [0.2, 0.25) is 5.28 Å². The predicted octanol–water partition coefficient (Wildman–Crippen LogP) is 3.30. The van der Waals surface area contributed by atoms with Gasteiger partial charge in [0.05, 0.1) is 0 Å². The lowest BCUT2D eigenvalue weighted by molar-refractivity contribution is 1.17. The minimum absolute atomic E-state index is 0. The highest BCUT2D eigenvalue weighted by atomic mass is 35.5. The number of aromatic nitrogens is 2. The molecule has 0 aliphatic rings. The van der Waals surface area contributed by atoms with E-state index in [1.165, 1.54) is 0 Å². The van der Waals surface area contributed by atoms with Gasteiger partial charge in [-0.15, -0.1) is 12.4 Å². The zero-order valence-corrected chi connectivity index (χ0v) is 9.29. The van der Waals surface area contributed by atoms with Gasteiger partial charge in [0, 0.05) is 11.9 Å². The number of rotatable bonds is 2. The van der Waals surface area contributed by atoms with Gasteiger partial charge in [-0.2, -0.15) is 0 Å². The number of benzene rings is 1. The number of nitrogens with one attached hydrogen (secondary N) is 1. The van der Waals surface area contributed by atoms with E-state index < -0.39 is 0 Å². The third-order valence-corrected chi connectivity index (χ3v) is 1.85. The van der Waals surface area contributed by atoms with Crippen LogP contribution in [0.25, 0.3) is 0 Å². The van der Waals surface area contributed by atoms with Gasteiger partial charge in [0.1, 0.15) is 5.82 Å². The molecular formula is C10H9Cl2N3. The molecule has 0 atom stereocenters. The first-order valence-electron chi connectivity index (χ1n) is 4.15. The highest BCUT2D eigenvalue weighted by Crippen LogP contribution is 2.13. The van der Waals surface area contributed by atoms with Crippen molar-refractivity contribution in [3.63, 3.8) is 0 Å². The fourth-order valence-electron chi connectivity index (χ4n) is 1.07. The molecule has 2 rings (SSSR count). The van der Waals surface area contributed by atoms with E-state index in [0.717, 1.165) is 5.69 Å². The summed E-state index contributed by atoms with van der Waals surface area (Å²) in [4.78, 5) is 7.81. The number of anilines is 2. The Bertz CT molecular complexity index is 420. The molecule has 1 aromatic carbocycles. The summed E-state index contributed by atoms with van der Waals surface area (Å²) in [5, 5.41) is 3.35. The van der Waals surface area contributed by atoms with E-state index in [0.29, 0.717) is 5.82 Å². The van der Waals surface area contributed by atoms with Gasteiger partial charge in [-0.3, -0.25) is 0 Å². The predicted molar refractivity (Wildman–Crippen MR) is 64.0 cm³/mol. The highest BCUT2D eigenvalue weighted by molar-refractivity contribution is 6.28. The summed E-state index contributed by atoms with van der Waals surface area (Å²) in [6.45, 7) is 0. The lowest BCUT2D eigenvalue weighted by Gasteiger charge is -2.03. The Balaban J connectivity index is 0.00000112. The van der Waals surface area contributed by atoms with Gasteiger partial charge in [0.25, 0.3) is 0 Å². The first-order chi connectivity index (χ1) is 6.84. The Labute approximate surface area is 98.9 Å². The summed E-state index contributed by atoms with van der Waals surface area (Å²) in [5.41, 5.74) is 0.974. The number of hydrogen-bond donors (Lipinski definition) is 1. The summed E-state index contributed by atoms with van der Waals surface area (Å²) >= 11 is 5.65. The molecule has 0 unspecified atom stereocenters. The molecule has 1 N–H and O–H groups in total. The molecule has 0 spiro atoms. The van der Waals surface area contributed by atoms with E-state index in [1.807, 2.05) is 30.3 Å². The standard InChI is InChI=1S/C10H8ClN3.ClH/c11-10-12-7-6-9(14-10)13-8-4-2-1-3-5-8;/h1-7H,(H,12,13,14);1H. The van der Waals surface area contributed by atoms with Gasteiger partial charge in [-0.05, 0) is 29.8 Å². The van der Waals surface area contributed by atoms with Crippen LogP contribution in [0.15, 0.2) is 42.6 Å². The highest BCUT2D eigenvalue weighted by Gasteiger charge is 1.95. The first kappa shape index (κ1) is 11.8. The zero-order chi connectivity index (χ0) is 9.80. The molecule has 2 aromatic rings. The van der Waals surface area contributed by atoms with Gasteiger partial charge in [0.2, 0.25) is 5.28 Å². The van der Waals surface area contributed by atoms with Crippen molar-refractivity contribution in [2.45, 2.75) is 0 Å². The van der Waals surface area contributed by atoms with Crippen LogP contribution in [-0.2, 0) is 0 Å². The molecule has 0 amide bonds. The maximum atomic E-state index is 5.65. The Hall–Kier alpha value is -1.32. The largest absolute Gasteiger partial charge is 0.340 e. The lowest BCUT2D eigenvalue weighted by atomic mass is 10.3. The average molecular weight is 242 g/mol. The molecule has 0 aliphatic heterocycles. The van der Waals surface area contributed by atoms with Crippen LogP contribution >= 0.6 is 24.0 Å². The molecule has 0 radical (unpaired) electrons. The van der Waals surface area contributed by atoms with Crippen LogP contribution < -0.4 is 5.32 Å². The van der Waals surface area contributed by atoms with Crippen molar-refractivity contribution in [1.29, 1.82) is 0 Å². The Morgan fingerprint density at radius 2 is 1.80 bits per heavy atom. The SMILES string of the molecule is Cl.Clc1nccc(Nc2ccccc2)n1. The van der Waals surface area contributed by atoms with Crippen molar-refractivity contribution in [3.8, 4) is 0 Å². The third kappa shape index (κ3) is 3.38. The van der Waals surface area contributed by atoms with Crippen molar-refractivity contribution < 1.29 is 0 Å². The molecule has 1 aromatic heterocycles. The molecule has 0 saturated carbocycles. The molecule has 0 aliphatic carbocycles. The van der Waals surface area contributed by atoms with E-state index in [9.17, 15) is 0 Å². The summed E-state index contributed by atoms with van der Waals surface area (Å²) in [5.74, 6) is 0.691. The van der Waals surface area contributed by atoms with E-state index in [4.69, 9.17) is 11.6 Å². The van der Waals surface area contributed by atoms with Crippen molar-refractivity contribution >= 4 is 35.5 Å². The fourth-order valence-corrected chi connectivity index (χ4v) is 1.22. The normalized spacial score (nSPS) is 9.13. The summed E-state index contributed by atoms with van der Waals surface area (Å²) in [7, 11) is 0. The molecule has 5 heteroatoms. The zero-order valence-electron chi connectivity index (χ0n) is 7.72. The van der Waals surface area contributed by atoms with E-state index in [-0.39, 0.29) is 17.7 Å². The van der Waals surface area contributed by atoms with E-state index in [1.54, 1.807) is 12.3 Å². The van der Waals surface area contributed by atoms with Gasteiger partial charge < -0.3 is 5.32 Å². The molecule has 15 heavy (non-hydrogen) atoms. The van der Waals surface area contributed by atoms with Crippen molar-refractivity contribution in [3.05, 3.63) is 47.9 Å². The monoisotopic (exact) mass is 241 g/mol. The minimum Gasteiger partial charge on any atom is -0.340 e. The van der Waals surface area contributed by atoms with Gasteiger partial charge >= 0.3 is 0 Å². The van der Waals surface area contributed by atoms with Crippen LogP contribution in [0.4, 0.5) is 11.5 Å². The topological polar surface area (TPSA) is 37.8 Å². The summed E-state index contributed by atoms with van der Waals surface area (Å²) in [6, 6.07) is 11.5. The van der Waals surface area contributed by atoms with Crippen molar-refractivity contribution in [1.82, 2.24) is 9.97 Å². The second-order valence-corrected chi connectivity index (χ2v) is 3.04. The van der Waals surface area contributed by atoms with Gasteiger partial charge in [0.15, 0.2) is 0 Å². The molecule has 0 bridgehead atoms. The quantitative estimate of drug-likeness (QED) is 0.821. The second kappa shape index (κ2) is 5.53. The van der Waals surface area contributed by atoms with Crippen LogP contribution in [0.3, 0.4) is 0 Å².